The fraction of sp³-hybridized carbons (Fsp3) is 0.333. The van der Waals surface area contributed by atoms with Crippen LogP contribution >= 0.6 is 0 Å². The minimum Gasteiger partial charge on any atom is -0.307 e. The highest BCUT2D eigenvalue weighted by molar-refractivity contribution is 6.02. The molecule has 4 heteroatoms. The molecule has 0 saturated heterocycles. The van der Waals surface area contributed by atoms with Gasteiger partial charge in [-0.2, -0.15) is 0 Å². The van der Waals surface area contributed by atoms with Gasteiger partial charge in [-0.1, -0.05) is 18.2 Å². The number of hydrogen-bond acceptors (Lipinski definition) is 2. The van der Waals surface area contributed by atoms with Gasteiger partial charge in [0.2, 0.25) is 5.91 Å². The van der Waals surface area contributed by atoms with Crippen LogP contribution in [0.5, 0.6) is 0 Å². The van der Waals surface area contributed by atoms with Gasteiger partial charge in [0.25, 0.3) is 0 Å². The van der Waals surface area contributed by atoms with E-state index in [9.17, 15) is 9.59 Å². The molecule has 0 aromatic heterocycles. The van der Waals surface area contributed by atoms with Gasteiger partial charge in [0.15, 0.2) is 0 Å². The van der Waals surface area contributed by atoms with Gasteiger partial charge in [0.1, 0.15) is 0 Å². The Morgan fingerprint density at radius 3 is 2.56 bits per heavy atom. The number of urea groups is 1. The Labute approximate surface area is 94.0 Å². The third kappa shape index (κ3) is 2.59. The zero-order chi connectivity index (χ0) is 11.5. The Bertz CT molecular complexity index is 425. The molecular formula is C12H14N2O2. The van der Waals surface area contributed by atoms with Gasteiger partial charge in [0.05, 0.1) is 0 Å². The molecule has 1 aliphatic rings. The van der Waals surface area contributed by atoms with Crippen LogP contribution in [0.4, 0.5) is 10.5 Å². The maximum Gasteiger partial charge on any atom is 0.325 e. The van der Waals surface area contributed by atoms with Crippen molar-refractivity contribution in [3.8, 4) is 0 Å². The standard InChI is InChI=1S/C12H14N2O2/c1-8-4-2-3-5-10(8)13-12(16)14-11(15)9-6-7-9/h2-5,9H,6-7H2,1H3,(H2,13,14,15,16). The third-order valence-corrected chi connectivity index (χ3v) is 2.58. The number of rotatable bonds is 2. The summed E-state index contributed by atoms with van der Waals surface area (Å²) in [4.78, 5) is 22.8. The minimum atomic E-state index is -0.453. The average molecular weight is 218 g/mol. The zero-order valence-corrected chi connectivity index (χ0v) is 9.12. The normalized spacial score (nSPS) is 14.3. The molecule has 0 bridgehead atoms. The van der Waals surface area contributed by atoms with Crippen molar-refractivity contribution in [1.82, 2.24) is 5.32 Å². The van der Waals surface area contributed by atoms with Crippen LogP contribution in [0.2, 0.25) is 0 Å². The SMILES string of the molecule is Cc1ccccc1NC(=O)NC(=O)C1CC1. The highest BCUT2D eigenvalue weighted by atomic mass is 16.2. The van der Waals surface area contributed by atoms with E-state index in [1.807, 2.05) is 25.1 Å². The van der Waals surface area contributed by atoms with E-state index in [1.165, 1.54) is 0 Å². The van der Waals surface area contributed by atoms with E-state index in [0.29, 0.717) is 0 Å². The van der Waals surface area contributed by atoms with Crippen molar-refractivity contribution < 1.29 is 9.59 Å². The van der Waals surface area contributed by atoms with Crippen LogP contribution in [0.1, 0.15) is 18.4 Å². The predicted molar refractivity (Wildman–Crippen MR) is 61.1 cm³/mol. The summed E-state index contributed by atoms with van der Waals surface area (Å²) in [5.41, 5.74) is 1.69. The summed E-state index contributed by atoms with van der Waals surface area (Å²) in [5.74, 6) is -0.131. The number of aryl methyl sites for hydroxylation is 1. The fourth-order valence-electron chi connectivity index (χ4n) is 1.43. The van der Waals surface area contributed by atoms with Gasteiger partial charge < -0.3 is 5.32 Å². The molecule has 0 atom stereocenters. The summed E-state index contributed by atoms with van der Waals surface area (Å²) >= 11 is 0. The molecule has 84 valence electrons. The number of amides is 3. The minimum absolute atomic E-state index is 0.0441. The van der Waals surface area contributed by atoms with Crippen LogP contribution in [0.3, 0.4) is 0 Å². The molecule has 1 aliphatic carbocycles. The van der Waals surface area contributed by atoms with Crippen LogP contribution in [0, 0.1) is 12.8 Å². The second-order valence-corrected chi connectivity index (χ2v) is 4.03. The fourth-order valence-corrected chi connectivity index (χ4v) is 1.43. The van der Waals surface area contributed by atoms with E-state index in [-0.39, 0.29) is 11.8 Å². The lowest BCUT2D eigenvalue weighted by molar-refractivity contribution is -0.121. The second-order valence-electron chi connectivity index (χ2n) is 4.03. The second kappa shape index (κ2) is 4.35. The van der Waals surface area contributed by atoms with Crippen molar-refractivity contribution in [2.45, 2.75) is 19.8 Å². The van der Waals surface area contributed by atoms with Gasteiger partial charge >= 0.3 is 6.03 Å². The number of hydrogen-bond donors (Lipinski definition) is 2. The van der Waals surface area contributed by atoms with E-state index in [4.69, 9.17) is 0 Å². The molecule has 0 spiro atoms. The molecule has 1 aromatic carbocycles. The Morgan fingerprint density at radius 1 is 1.25 bits per heavy atom. The van der Waals surface area contributed by atoms with Crippen molar-refractivity contribution in [2.75, 3.05) is 5.32 Å². The first-order valence-corrected chi connectivity index (χ1v) is 5.34. The molecule has 0 radical (unpaired) electrons. The third-order valence-electron chi connectivity index (χ3n) is 2.58. The number of nitrogens with one attached hydrogen (secondary N) is 2. The van der Waals surface area contributed by atoms with E-state index < -0.39 is 6.03 Å². The van der Waals surface area contributed by atoms with Crippen molar-refractivity contribution in [2.24, 2.45) is 5.92 Å². The summed E-state index contributed by atoms with van der Waals surface area (Å²) in [6.07, 6.45) is 1.78. The zero-order valence-electron chi connectivity index (χ0n) is 9.12. The lowest BCUT2D eigenvalue weighted by atomic mass is 10.2. The molecule has 1 aromatic rings. The molecule has 1 fully saturated rings. The lowest BCUT2D eigenvalue weighted by Crippen LogP contribution is -2.35. The van der Waals surface area contributed by atoms with Crippen LogP contribution in [-0.4, -0.2) is 11.9 Å². The van der Waals surface area contributed by atoms with Gasteiger partial charge in [-0.15, -0.1) is 0 Å². The number of carbonyl (C=O) groups excluding carboxylic acids is 2. The van der Waals surface area contributed by atoms with Crippen molar-refractivity contribution in [1.29, 1.82) is 0 Å². The van der Waals surface area contributed by atoms with Crippen molar-refractivity contribution in [3.05, 3.63) is 29.8 Å². The molecule has 1 saturated carbocycles. The van der Waals surface area contributed by atoms with Gasteiger partial charge in [-0.05, 0) is 31.4 Å². The van der Waals surface area contributed by atoms with Crippen LogP contribution < -0.4 is 10.6 Å². The highest BCUT2D eigenvalue weighted by Gasteiger charge is 2.30. The number of para-hydroxylation sites is 1. The number of imide groups is 1. The lowest BCUT2D eigenvalue weighted by Gasteiger charge is -2.08. The van der Waals surface area contributed by atoms with Crippen molar-refractivity contribution in [3.63, 3.8) is 0 Å². The summed E-state index contributed by atoms with van der Waals surface area (Å²) in [5, 5.41) is 4.98. The van der Waals surface area contributed by atoms with E-state index in [1.54, 1.807) is 6.07 Å². The topological polar surface area (TPSA) is 58.2 Å². The molecule has 3 amide bonds. The predicted octanol–water partition coefficient (Wildman–Crippen LogP) is 2.05. The Balaban J connectivity index is 1.91. The molecule has 2 N–H and O–H groups in total. The first-order chi connectivity index (χ1) is 7.66. The largest absolute Gasteiger partial charge is 0.325 e. The quantitative estimate of drug-likeness (QED) is 0.798. The molecule has 0 heterocycles. The highest BCUT2D eigenvalue weighted by Crippen LogP contribution is 2.28. The molecule has 16 heavy (non-hydrogen) atoms. The van der Waals surface area contributed by atoms with Crippen LogP contribution in [0.25, 0.3) is 0 Å². The molecule has 2 rings (SSSR count). The summed E-state index contributed by atoms with van der Waals surface area (Å²) in [7, 11) is 0. The summed E-state index contributed by atoms with van der Waals surface area (Å²) in [6.45, 7) is 1.90. The van der Waals surface area contributed by atoms with Crippen LogP contribution in [-0.2, 0) is 4.79 Å². The van der Waals surface area contributed by atoms with E-state index in [0.717, 1.165) is 24.1 Å². The van der Waals surface area contributed by atoms with Crippen LogP contribution in [0.15, 0.2) is 24.3 Å². The van der Waals surface area contributed by atoms with Gasteiger partial charge in [0, 0.05) is 11.6 Å². The molecular weight excluding hydrogens is 204 g/mol. The van der Waals surface area contributed by atoms with Gasteiger partial charge in [-0.25, -0.2) is 4.79 Å². The Hall–Kier alpha value is -1.84. The average Bonchev–Trinajstić information content (AvgIpc) is 3.04. The first-order valence-electron chi connectivity index (χ1n) is 5.34. The Kier molecular flexibility index (Phi) is 2.90. The summed E-state index contributed by atoms with van der Waals surface area (Å²) < 4.78 is 0. The maximum absolute atomic E-state index is 11.5. The van der Waals surface area contributed by atoms with E-state index in [2.05, 4.69) is 10.6 Å². The molecule has 0 unspecified atom stereocenters. The Morgan fingerprint density at radius 2 is 1.94 bits per heavy atom. The van der Waals surface area contributed by atoms with Crippen molar-refractivity contribution >= 4 is 17.6 Å². The van der Waals surface area contributed by atoms with Gasteiger partial charge in [-0.3, -0.25) is 10.1 Å². The molecule has 4 nitrogen and oxygen atoms in total. The van der Waals surface area contributed by atoms with E-state index >= 15 is 0 Å². The number of benzene rings is 1. The summed E-state index contributed by atoms with van der Waals surface area (Å²) in [6, 6.07) is 6.99. The number of carbonyl (C=O) groups is 2. The smallest absolute Gasteiger partial charge is 0.307 e. The maximum atomic E-state index is 11.5. The first kappa shape index (κ1) is 10.7. The monoisotopic (exact) mass is 218 g/mol. The number of anilines is 1. The molecule has 0 aliphatic heterocycles.